The highest BCUT2D eigenvalue weighted by atomic mass is 79.9. The van der Waals surface area contributed by atoms with Crippen LogP contribution in [0.2, 0.25) is 5.02 Å². The van der Waals surface area contributed by atoms with Crippen LogP contribution in [0.25, 0.3) is 22.8 Å². The molecule has 7 heteroatoms. The minimum absolute atomic E-state index is 0.0712. The fraction of sp³-hybridized carbons (Fsp3) is 0. The monoisotopic (exact) mass is 368 g/mol. The van der Waals surface area contributed by atoms with E-state index in [1.165, 1.54) is 18.2 Å². The maximum Gasteiger partial charge on any atom is 0.261 e. The fourth-order valence-electron chi connectivity index (χ4n) is 1.82. The molecule has 0 atom stereocenters. The largest absolute Gasteiger partial charge is 0.507 e. The van der Waals surface area contributed by atoms with Crippen molar-refractivity contribution >= 4 is 27.5 Å². The van der Waals surface area contributed by atoms with Crippen molar-refractivity contribution in [3.8, 4) is 28.6 Å². The van der Waals surface area contributed by atoms with Crippen molar-refractivity contribution in [3.63, 3.8) is 0 Å². The number of hydrogen-bond acceptors (Lipinski definition) is 4. The van der Waals surface area contributed by atoms with Crippen LogP contribution < -0.4 is 0 Å². The summed E-state index contributed by atoms with van der Waals surface area (Å²) >= 11 is 8.97. The molecule has 0 aliphatic heterocycles. The summed E-state index contributed by atoms with van der Waals surface area (Å²) < 4.78 is 19.1. The molecule has 0 amide bonds. The predicted octanol–water partition coefficient (Wildman–Crippen LogP) is 4.66. The number of rotatable bonds is 2. The molecular weight excluding hydrogens is 363 g/mol. The summed E-state index contributed by atoms with van der Waals surface area (Å²) in [7, 11) is 0. The molecule has 2 aromatic carbocycles. The van der Waals surface area contributed by atoms with Gasteiger partial charge in [-0.25, -0.2) is 4.39 Å². The lowest BCUT2D eigenvalue weighted by molar-refractivity contribution is 0.425. The van der Waals surface area contributed by atoms with Crippen LogP contribution in [-0.4, -0.2) is 15.2 Å². The standard InChI is InChI=1S/C14H7BrClFN2O2/c15-8-3-7(4-10(17)5-8)13-18-14(21-19-13)11-2-1-9(16)6-12(11)20/h1-6,20H. The fourth-order valence-corrected chi connectivity index (χ4v) is 2.45. The summed E-state index contributed by atoms with van der Waals surface area (Å²) in [6.07, 6.45) is 0. The maximum absolute atomic E-state index is 13.4. The van der Waals surface area contributed by atoms with Crippen LogP contribution >= 0.6 is 27.5 Å². The average molecular weight is 370 g/mol. The Morgan fingerprint density at radius 3 is 2.71 bits per heavy atom. The van der Waals surface area contributed by atoms with E-state index in [2.05, 4.69) is 26.1 Å². The second kappa shape index (κ2) is 5.46. The first-order chi connectivity index (χ1) is 10.0. The van der Waals surface area contributed by atoms with Crippen molar-refractivity contribution in [2.24, 2.45) is 0 Å². The van der Waals surface area contributed by atoms with Crippen molar-refractivity contribution < 1.29 is 14.0 Å². The molecule has 0 fully saturated rings. The molecule has 0 aliphatic rings. The van der Waals surface area contributed by atoms with Gasteiger partial charge in [-0.15, -0.1) is 0 Å². The van der Waals surface area contributed by atoms with E-state index in [0.717, 1.165) is 0 Å². The number of halogens is 3. The molecule has 1 heterocycles. The Morgan fingerprint density at radius 1 is 1.19 bits per heavy atom. The molecule has 21 heavy (non-hydrogen) atoms. The van der Waals surface area contributed by atoms with Crippen molar-refractivity contribution in [2.45, 2.75) is 0 Å². The summed E-state index contributed by atoms with van der Waals surface area (Å²) in [5, 5.41) is 14.0. The number of nitrogens with zero attached hydrogens (tertiary/aromatic N) is 2. The number of phenols is 1. The molecule has 106 valence electrons. The zero-order valence-electron chi connectivity index (χ0n) is 10.3. The SMILES string of the molecule is Oc1cc(Cl)ccc1-c1nc(-c2cc(F)cc(Br)c2)no1. The van der Waals surface area contributed by atoms with Gasteiger partial charge in [-0.1, -0.05) is 32.7 Å². The van der Waals surface area contributed by atoms with Crippen LogP contribution in [0.4, 0.5) is 4.39 Å². The van der Waals surface area contributed by atoms with Crippen LogP contribution in [0.15, 0.2) is 45.4 Å². The quantitative estimate of drug-likeness (QED) is 0.713. The van der Waals surface area contributed by atoms with Crippen molar-refractivity contribution in [1.29, 1.82) is 0 Å². The molecule has 0 unspecified atom stereocenters. The predicted molar refractivity (Wildman–Crippen MR) is 79.5 cm³/mol. The summed E-state index contributed by atoms with van der Waals surface area (Å²) in [6, 6.07) is 8.82. The molecular formula is C14H7BrClFN2O2. The van der Waals surface area contributed by atoms with E-state index in [-0.39, 0.29) is 17.5 Å². The third-order valence-electron chi connectivity index (χ3n) is 2.74. The average Bonchev–Trinajstić information content (AvgIpc) is 2.87. The summed E-state index contributed by atoms with van der Waals surface area (Å²) in [4.78, 5) is 4.16. The van der Waals surface area contributed by atoms with Gasteiger partial charge in [0.1, 0.15) is 11.6 Å². The number of hydrogen-bond donors (Lipinski definition) is 1. The summed E-state index contributed by atoms with van der Waals surface area (Å²) in [6.45, 7) is 0. The number of aromatic nitrogens is 2. The second-order valence-corrected chi connectivity index (χ2v) is 5.59. The summed E-state index contributed by atoms with van der Waals surface area (Å²) in [5.41, 5.74) is 0.818. The van der Waals surface area contributed by atoms with Gasteiger partial charge < -0.3 is 9.63 Å². The Morgan fingerprint density at radius 2 is 2.00 bits per heavy atom. The van der Waals surface area contributed by atoms with E-state index < -0.39 is 5.82 Å². The molecule has 0 bridgehead atoms. The first-order valence-corrected chi connectivity index (χ1v) is 6.99. The highest BCUT2D eigenvalue weighted by molar-refractivity contribution is 9.10. The van der Waals surface area contributed by atoms with Crippen LogP contribution in [0, 0.1) is 5.82 Å². The first kappa shape index (κ1) is 14.0. The Labute approximate surface area is 132 Å². The lowest BCUT2D eigenvalue weighted by Crippen LogP contribution is -1.84. The Kier molecular flexibility index (Phi) is 3.65. The zero-order valence-corrected chi connectivity index (χ0v) is 12.7. The second-order valence-electron chi connectivity index (χ2n) is 4.24. The molecule has 3 aromatic rings. The van der Waals surface area contributed by atoms with E-state index in [9.17, 15) is 9.50 Å². The van der Waals surface area contributed by atoms with Crippen LogP contribution in [0.1, 0.15) is 0 Å². The Hall–Kier alpha value is -1.92. The van der Waals surface area contributed by atoms with Gasteiger partial charge in [-0.3, -0.25) is 0 Å². The highest BCUT2D eigenvalue weighted by Gasteiger charge is 2.15. The zero-order chi connectivity index (χ0) is 15.0. The number of aromatic hydroxyl groups is 1. The van der Waals surface area contributed by atoms with Crippen molar-refractivity contribution in [3.05, 3.63) is 51.7 Å². The minimum atomic E-state index is -0.417. The first-order valence-electron chi connectivity index (χ1n) is 5.82. The smallest absolute Gasteiger partial charge is 0.261 e. The molecule has 3 rings (SSSR count). The van der Waals surface area contributed by atoms with Crippen molar-refractivity contribution in [1.82, 2.24) is 10.1 Å². The van der Waals surface area contributed by atoms with Gasteiger partial charge in [0.15, 0.2) is 0 Å². The minimum Gasteiger partial charge on any atom is -0.507 e. The number of benzene rings is 2. The molecule has 1 aromatic heterocycles. The Bertz CT molecular complexity index is 802. The Balaban J connectivity index is 2.03. The van der Waals surface area contributed by atoms with Gasteiger partial charge in [0, 0.05) is 15.1 Å². The van der Waals surface area contributed by atoms with E-state index in [1.807, 2.05) is 0 Å². The van der Waals surface area contributed by atoms with Gasteiger partial charge in [0.2, 0.25) is 5.82 Å². The molecule has 0 radical (unpaired) electrons. The van der Waals surface area contributed by atoms with Crippen LogP contribution in [-0.2, 0) is 0 Å². The van der Waals surface area contributed by atoms with Gasteiger partial charge in [0.05, 0.1) is 5.56 Å². The third kappa shape index (κ3) is 2.91. The number of phenolic OH excluding ortho intramolecular Hbond substituents is 1. The highest BCUT2D eigenvalue weighted by Crippen LogP contribution is 2.32. The van der Waals surface area contributed by atoms with Gasteiger partial charge >= 0.3 is 0 Å². The third-order valence-corrected chi connectivity index (χ3v) is 3.43. The maximum atomic E-state index is 13.4. The topological polar surface area (TPSA) is 59.2 Å². The molecule has 1 N–H and O–H groups in total. The van der Waals surface area contributed by atoms with Crippen LogP contribution in [0.5, 0.6) is 5.75 Å². The molecule has 4 nitrogen and oxygen atoms in total. The van der Waals surface area contributed by atoms with Gasteiger partial charge in [0.25, 0.3) is 5.89 Å². The van der Waals surface area contributed by atoms with Gasteiger partial charge in [-0.05, 0) is 36.4 Å². The molecule has 0 spiro atoms. The molecule has 0 saturated heterocycles. The molecule has 0 aliphatic carbocycles. The van der Waals surface area contributed by atoms with E-state index in [4.69, 9.17) is 16.1 Å². The van der Waals surface area contributed by atoms with Gasteiger partial charge in [-0.2, -0.15) is 4.98 Å². The molecule has 0 saturated carbocycles. The van der Waals surface area contributed by atoms with Crippen LogP contribution in [0.3, 0.4) is 0 Å². The van der Waals surface area contributed by atoms with E-state index >= 15 is 0 Å². The summed E-state index contributed by atoms with van der Waals surface area (Å²) in [5.74, 6) is -0.141. The van der Waals surface area contributed by atoms with Crippen molar-refractivity contribution in [2.75, 3.05) is 0 Å². The normalized spacial score (nSPS) is 10.8. The van der Waals surface area contributed by atoms with E-state index in [0.29, 0.717) is 20.6 Å². The van der Waals surface area contributed by atoms with E-state index in [1.54, 1.807) is 18.2 Å². The lowest BCUT2D eigenvalue weighted by atomic mass is 10.2. The lowest BCUT2D eigenvalue weighted by Gasteiger charge is -1.99.